The van der Waals surface area contributed by atoms with E-state index in [9.17, 15) is 4.79 Å². The van der Waals surface area contributed by atoms with Crippen LogP contribution in [0.15, 0.2) is 60.8 Å². The van der Waals surface area contributed by atoms with Crippen molar-refractivity contribution in [1.82, 2.24) is 14.6 Å². The van der Waals surface area contributed by atoms with E-state index in [-0.39, 0.29) is 18.3 Å². The number of nitrogens with zero attached hydrogens (tertiary/aromatic N) is 3. The zero-order valence-corrected chi connectivity index (χ0v) is 20.5. The van der Waals surface area contributed by atoms with Crippen LogP contribution >= 0.6 is 0 Å². The first-order valence-corrected chi connectivity index (χ1v) is 11.7. The predicted molar refractivity (Wildman–Crippen MR) is 136 cm³/mol. The minimum atomic E-state index is -0.246. The molecule has 4 aromatic rings. The summed E-state index contributed by atoms with van der Waals surface area (Å²) < 4.78 is 12.9. The molecule has 4 rings (SSSR count). The quantitative estimate of drug-likeness (QED) is 0.247. The van der Waals surface area contributed by atoms with Gasteiger partial charge in [-0.1, -0.05) is 42.3 Å². The highest BCUT2D eigenvalue weighted by atomic mass is 16.5. The molecular weight excluding hydrogens is 438 g/mol. The Morgan fingerprint density at radius 2 is 1.80 bits per heavy atom. The van der Waals surface area contributed by atoms with Gasteiger partial charge in [-0.3, -0.25) is 4.79 Å². The maximum absolute atomic E-state index is 11.9. The summed E-state index contributed by atoms with van der Waals surface area (Å²) in [6.07, 6.45) is 2.18. The first-order valence-electron chi connectivity index (χ1n) is 11.7. The molecule has 0 spiro atoms. The average Bonchev–Trinajstić information content (AvgIpc) is 3.26. The number of fused-ring (bicyclic) bond motifs is 1. The van der Waals surface area contributed by atoms with Crippen LogP contribution in [0.2, 0.25) is 0 Å². The highest BCUT2D eigenvalue weighted by molar-refractivity contribution is 5.71. The summed E-state index contributed by atoms with van der Waals surface area (Å²) in [7, 11) is 0. The molecule has 0 saturated heterocycles. The third kappa shape index (κ3) is 5.70. The SMILES string of the molecule is CC#CC(CC(=O)OCC)c1ccc(OCc2ccc3nc(-c4c(C)cccc4C)nn3c2)cc1. The van der Waals surface area contributed by atoms with Gasteiger partial charge in [0.05, 0.1) is 18.9 Å². The van der Waals surface area contributed by atoms with Gasteiger partial charge in [-0.15, -0.1) is 11.0 Å². The van der Waals surface area contributed by atoms with Crippen LogP contribution in [0.4, 0.5) is 0 Å². The fourth-order valence-corrected chi connectivity index (χ4v) is 4.06. The largest absolute Gasteiger partial charge is 0.489 e. The van der Waals surface area contributed by atoms with Gasteiger partial charge in [0.1, 0.15) is 12.4 Å². The lowest BCUT2D eigenvalue weighted by Crippen LogP contribution is -2.09. The van der Waals surface area contributed by atoms with Gasteiger partial charge in [0.15, 0.2) is 11.5 Å². The molecule has 1 unspecified atom stereocenters. The van der Waals surface area contributed by atoms with Gasteiger partial charge in [-0.25, -0.2) is 9.50 Å². The number of carbonyl (C=O) groups excluding carboxylic acids is 1. The number of aromatic nitrogens is 3. The number of pyridine rings is 1. The lowest BCUT2D eigenvalue weighted by Gasteiger charge is -2.12. The van der Waals surface area contributed by atoms with Crippen LogP contribution < -0.4 is 4.74 Å². The molecule has 2 aromatic carbocycles. The molecule has 0 fully saturated rings. The van der Waals surface area contributed by atoms with Gasteiger partial charge in [-0.05, 0) is 62.6 Å². The van der Waals surface area contributed by atoms with Crippen molar-refractivity contribution in [3.63, 3.8) is 0 Å². The Balaban J connectivity index is 1.45. The van der Waals surface area contributed by atoms with Crippen LogP contribution in [-0.2, 0) is 16.1 Å². The van der Waals surface area contributed by atoms with E-state index in [1.165, 1.54) is 0 Å². The highest BCUT2D eigenvalue weighted by Crippen LogP contribution is 2.25. The number of esters is 1. The number of carbonyl (C=O) groups is 1. The van der Waals surface area contributed by atoms with E-state index in [2.05, 4.69) is 37.8 Å². The zero-order chi connectivity index (χ0) is 24.8. The van der Waals surface area contributed by atoms with Crippen LogP contribution in [0.5, 0.6) is 5.75 Å². The molecule has 35 heavy (non-hydrogen) atoms. The Hall–Kier alpha value is -4.11. The van der Waals surface area contributed by atoms with E-state index in [1.807, 2.05) is 48.7 Å². The monoisotopic (exact) mass is 467 g/mol. The van der Waals surface area contributed by atoms with E-state index in [4.69, 9.17) is 19.6 Å². The van der Waals surface area contributed by atoms with E-state index in [0.717, 1.165) is 45.0 Å². The number of benzene rings is 2. The summed E-state index contributed by atoms with van der Waals surface area (Å²) in [6.45, 7) is 8.49. The third-order valence-corrected chi connectivity index (χ3v) is 5.78. The van der Waals surface area contributed by atoms with Crippen LogP contribution in [0.1, 0.15) is 48.4 Å². The maximum atomic E-state index is 11.9. The van der Waals surface area contributed by atoms with E-state index >= 15 is 0 Å². The predicted octanol–water partition coefficient (Wildman–Crippen LogP) is 5.65. The van der Waals surface area contributed by atoms with Gasteiger partial charge < -0.3 is 9.47 Å². The van der Waals surface area contributed by atoms with E-state index in [0.29, 0.717) is 13.2 Å². The zero-order valence-electron chi connectivity index (χ0n) is 20.5. The lowest BCUT2D eigenvalue weighted by atomic mass is 9.96. The second kappa shape index (κ2) is 10.9. The molecule has 0 aliphatic carbocycles. The number of rotatable bonds is 8. The van der Waals surface area contributed by atoms with Crippen LogP contribution in [0.3, 0.4) is 0 Å². The normalized spacial score (nSPS) is 11.5. The van der Waals surface area contributed by atoms with Gasteiger partial charge in [0.25, 0.3) is 0 Å². The van der Waals surface area contributed by atoms with Crippen molar-refractivity contribution < 1.29 is 14.3 Å². The van der Waals surface area contributed by atoms with Crippen molar-refractivity contribution in [2.75, 3.05) is 6.61 Å². The number of aryl methyl sites for hydroxylation is 2. The van der Waals surface area contributed by atoms with Crippen molar-refractivity contribution in [3.05, 3.63) is 83.0 Å². The minimum Gasteiger partial charge on any atom is -0.489 e. The Morgan fingerprint density at radius 3 is 2.49 bits per heavy atom. The Labute approximate surface area is 205 Å². The summed E-state index contributed by atoms with van der Waals surface area (Å²) in [5.74, 6) is 7.02. The molecule has 0 N–H and O–H groups in total. The molecule has 0 amide bonds. The average molecular weight is 468 g/mol. The van der Waals surface area contributed by atoms with Crippen molar-refractivity contribution >= 4 is 11.6 Å². The van der Waals surface area contributed by atoms with E-state index in [1.54, 1.807) is 18.4 Å². The Morgan fingerprint density at radius 1 is 1.06 bits per heavy atom. The van der Waals surface area contributed by atoms with Crippen molar-refractivity contribution in [3.8, 4) is 29.0 Å². The maximum Gasteiger partial charge on any atom is 0.307 e. The van der Waals surface area contributed by atoms with Crippen LogP contribution in [0, 0.1) is 25.7 Å². The molecule has 2 aromatic heterocycles. The number of ether oxygens (including phenoxy) is 2. The summed E-state index contributed by atoms with van der Waals surface area (Å²) in [5.41, 5.74) is 6.12. The van der Waals surface area contributed by atoms with Crippen LogP contribution in [-0.4, -0.2) is 27.2 Å². The Bertz CT molecular complexity index is 1370. The molecular formula is C29H29N3O3. The first-order chi connectivity index (χ1) is 17.0. The number of hydrogen-bond donors (Lipinski definition) is 0. The van der Waals surface area contributed by atoms with E-state index < -0.39 is 0 Å². The Kier molecular flexibility index (Phi) is 7.47. The molecule has 0 saturated carbocycles. The molecule has 0 aliphatic heterocycles. The molecule has 0 bridgehead atoms. The van der Waals surface area contributed by atoms with Crippen LogP contribution in [0.25, 0.3) is 17.0 Å². The minimum absolute atomic E-state index is 0.200. The fraction of sp³-hybridized carbons (Fsp3) is 0.276. The molecule has 0 radical (unpaired) electrons. The fourth-order valence-electron chi connectivity index (χ4n) is 4.06. The smallest absolute Gasteiger partial charge is 0.307 e. The topological polar surface area (TPSA) is 65.7 Å². The molecule has 2 heterocycles. The first kappa shape index (κ1) is 24.0. The van der Waals surface area contributed by atoms with Crippen molar-refractivity contribution in [2.24, 2.45) is 0 Å². The molecule has 0 aliphatic rings. The van der Waals surface area contributed by atoms with Crippen molar-refractivity contribution in [1.29, 1.82) is 0 Å². The molecule has 178 valence electrons. The standard InChI is InChI=1S/C29H29N3O3/c1-5-8-24(17-27(33)34-6-2)23-12-14-25(15-13-23)35-19-22-11-16-26-30-29(31-32(26)18-22)28-20(3)9-7-10-21(28)4/h7,9-16,18,24H,6,17,19H2,1-4H3. The van der Waals surface area contributed by atoms with Gasteiger partial charge in [-0.2, -0.15) is 0 Å². The third-order valence-electron chi connectivity index (χ3n) is 5.78. The second-order valence-corrected chi connectivity index (χ2v) is 8.36. The summed E-state index contributed by atoms with van der Waals surface area (Å²) >= 11 is 0. The highest BCUT2D eigenvalue weighted by Gasteiger charge is 2.15. The summed E-state index contributed by atoms with van der Waals surface area (Å²) in [4.78, 5) is 16.6. The molecule has 6 nitrogen and oxygen atoms in total. The molecule has 6 heteroatoms. The van der Waals surface area contributed by atoms with Gasteiger partial charge in [0.2, 0.25) is 0 Å². The second-order valence-electron chi connectivity index (χ2n) is 8.36. The lowest BCUT2D eigenvalue weighted by molar-refractivity contribution is -0.143. The van der Waals surface area contributed by atoms with Gasteiger partial charge in [0, 0.05) is 17.3 Å². The molecule has 1 atom stereocenters. The summed E-state index contributed by atoms with van der Waals surface area (Å²) in [5, 5.41) is 4.70. The summed E-state index contributed by atoms with van der Waals surface area (Å²) in [6, 6.07) is 17.8. The van der Waals surface area contributed by atoms with Gasteiger partial charge >= 0.3 is 5.97 Å². The number of hydrogen-bond acceptors (Lipinski definition) is 5. The van der Waals surface area contributed by atoms with Crippen molar-refractivity contribution in [2.45, 2.75) is 46.6 Å².